The van der Waals surface area contributed by atoms with Crippen LogP contribution >= 0.6 is 0 Å². The lowest BCUT2D eigenvalue weighted by atomic mass is 10.2. The highest BCUT2D eigenvalue weighted by atomic mass is 16.5. The summed E-state index contributed by atoms with van der Waals surface area (Å²) in [6.07, 6.45) is 0.827. The summed E-state index contributed by atoms with van der Waals surface area (Å²) >= 11 is 0. The molecular formula is C12H17NO2. The number of carbonyl (C=O) groups is 1. The first-order valence-electron chi connectivity index (χ1n) is 5.13. The molecule has 1 aromatic carbocycles. The predicted molar refractivity (Wildman–Crippen MR) is 60.0 cm³/mol. The largest absolute Gasteiger partial charge is 0.493 e. The third kappa shape index (κ3) is 4.49. The third-order valence-electron chi connectivity index (χ3n) is 2.05. The average Bonchev–Trinajstić information content (AvgIpc) is 2.20. The van der Waals surface area contributed by atoms with Crippen molar-refractivity contribution in [1.29, 1.82) is 0 Å². The van der Waals surface area contributed by atoms with Crippen LogP contribution < -0.4 is 10.1 Å². The van der Waals surface area contributed by atoms with Crippen molar-refractivity contribution in [2.24, 2.45) is 0 Å². The molecule has 0 fully saturated rings. The lowest BCUT2D eigenvalue weighted by Gasteiger charge is -2.08. The molecule has 3 nitrogen and oxygen atoms in total. The maximum absolute atomic E-state index is 10.6. The lowest BCUT2D eigenvalue weighted by molar-refractivity contribution is -0.118. The van der Waals surface area contributed by atoms with E-state index in [1.165, 1.54) is 6.92 Å². The van der Waals surface area contributed by atoms with E-state index >= 15 is 0 Å². The number of benzene rings is 1. The van der Waals surface area contributed by atoms with Gasteiger partial charge in [0.05, 0.1) is 6.61 Å². The lowest BCUT2D eigenvalue weighted by Crippen LogP contribution is -2.22. The van der Waals surface area contributed by atoms with Crippen LogP contribution in [0, 0.1) is 6.92 Å². The molecule has 0 saturated heterocycles. The Morgan fingerprint density at radius 3 is 2.80 bits per heavy atom. The van der Waals surface area contributed by atoms with Crippen LogP contribution in [0.25, 0.3) is 0 Å². The zero-order chi connectivity index (χ0) is 11.1. The Labute approximate surface area is 90.4 Å². The summed E-state index contributed by atoms with van der Waals surface area (Å²) in [5.41, 5.74) is 1.14. The topological polar surface area (TPSA) is 38.3 Å². The van der Waals surface area contributed by atoms with Crippen LogP contribution in [0.2, 0.25) is 0 Å². The summed E-state index contributed by atoms with van der Waals surface area (Å²) in [5, 5.41) is 2.73. The van der Waals surface area contributed by atoms with Crippen LogP contribution in [0.3, 0.4) is 0 Å². The normalized spacial score (nSPS) is 9.73. The van der Waals surface area contributed by atoms with Gasteiger partial charge >= 0.3 is 0 Å². The van der Waals surface area contributed by atoms with Gasteiger partial charge in [-0.1, -0.05) is 18.2 Å². The summed E-state index contributed by atoms with van der Waals surface area (Å²) in [5.74, 6) is 0.922. The van der Waals surface area contributed by atoms with Gasteiger partial charge in [-0.2, -0.15) is 0 Å². The standard InChI is InChI=1S/C12H17NO2/c1-10-6-3-4-7-12(10)15-9-5-8-13-11(2)14/h3-4,6-7H,5,8-9H2,1-2H3,(H,13,14). The minimum absolute atomic E-state index is 0.00546. The molecule has 0 aliphatic rings. The second-order valence-corrected chi connectivity index (χ2v) is 3.45. The van der Waals surface area contributed by atoms with E-state index in [0.717, 1.165) is 17.7 Å². The van der Waals surface area contributed by atoms with E-state index in [1.807, 2.05) is 31.2 Å². The monoisotopic (exact) mass is 207 g/mol. The molecule has 0 bridgehead atoms. The smallest absolute Gasteiger partial charge is 0.216 e. The van der Waals surface area contributed by atoms with Gasteiger partial charge < -0.3 is 10.1 Å². The van der Waals surface area contributed by atoms with Crippen molar-refractivity contribution in [3.8, 4) is 5.75 Å². The molecule has 0 saturated carbocycles. The molecule has 1 aromatic rings. The number of nitrogens with one attached hydrogen (secondary N) is 1. The number of hydrogen-bond donors (Lipinski definition) is 1. The molecule has 0 aliphatic carbocycles. The summed E-state index contributed by atoms with van der Waals surface area (Å²) in [6, 6.07) is 7.91. The van der Waals surface area contributed by atoms with Crippen LogP contribution in [0.15, 0.2) is 24.3 Å². The predicted octanol–water partition coefficient (Wildman–Crippen LogP) is 1.90. The molecular weight excluding hydrogens is 190 g/mol. The molecule has 0 spiro atoms. The SMILES string of the molecule is CC(=O)NCCCOc1ccccc1C. The second kappa shape index (κ2) is 6.06. The highest BCUT2D eigenvalue weighted by Gasteiger charge is 1.97. The Bertz CT molecular complexity index is 323. The van der Waals surface area contributed by atoms with Crippen molar-refractivity contribution in [3.05, 3.63) is 29.8 Å². The van der Waals surface area contributed by atoms with E-state index in [4.69, 9.17) is 4.74 Å². The van der Waals surface area contributed by atoms with Gasteiger partial charge in [0.15, 0.2) is 0 Å². The fraction of sp³-hybridized carbons (Fsp3) is 0.417. The van der Waals surface area contributed by atoms with Crippen LogP contribution in [0.4, 0.5) is 0 Å². The fourth-order valence-electron chi connectivity index (χ4n) is 1.24. The Morgan fingerprint density at radius 1 is 1.40 bits per heavy atom. The molecule has 1 N–H and O–H groups in total. The number of para-hydroxylation sites is 1. The third-order valence-corrected chi connectivity index (χ3v) is 2.05. The Morgan fingerprint density at radius 2 is 2.13 bits per heavy atom. The fourth-order valence-corrected chi connectivity index (χ4v) is 1.24. The first kappa shape index (κ1) is 11.6. The number of carbonyl (C=O) groups excluding carboxylic acids is 1. The Kier molecular flexibility index (Phi) is 4.68. The van der Waals surface area contributed by atoms with Crippen molar-refractivity contribution in [2.75, 3.05) is 13.2 Å². The van der Waals surface area contributed by atoms with E-state index in [9.17, 15) is 4.79 Å². The minimum atomic E-state index is 0.00546. The van der Waals surface area contributed by atoms with Gasteiger partial charge in [-0.25, -0.2) is 0 Å². The maximum Gasteiger partial charge on any atom is 0.216 e. The number of rotatable bonds is 5. The average molecular weight is 207 g/mol. The zero-order valence-electron chi connectivity index (χ0n) is 9.25. The van der Waals surface area contributed by atoms with Gasteiger partial charge in [-0.3, -0.25) is 4.79 Å². The van der Waals surface area contributed by atoms with Crippen LogP contribution in [-0.4, -0.2) is 19.1 Å². The maximum atomic E-state index is 10.6. The molecule has 0 atom stereocenters. The highest BCUT2D eigenvalue weighted by molar-refractivity contribution is 5.72. The van der Waals surface area contributed by atoms with E-state index in [0.29, 0.717) is 13.2 Å². The quantitative estimate of drug-likeness (QED) is 0.749. The molecule has 0 heterocycles. The number of hydrogen-bond acceptors (Lipinski definition) is 2. The Balaban J connectivity index is 2.21. The van der Waals surface area contributed by atoms with Crippen molar-refractivity contribution in [2.45, 2.75) is 20.3 Å². The number of ether oxygens (including phenoxy) is 1. The summed E-state index contributed by atoms with van der Waals surface area (Å²) in [7, 11) is 0. The first-order chi connectivity index (χ1) is 7.20. The van der Waals surface area contributed by atoms with Gasteiger partial charge in [-0.05, 0) is 25.0 Å². The van der Waals surface area contributed by atoms with Gasteiger partial charge in [0, 0.05) is 13.5 Å². The molecule has 1 amide bonds. The van der Waals surface area contributed by atoms with Crippen LogP contribution in [0.1, 0.15) is 18.9 Å². The summed E-state index contributed by atoms with van der Waals surface area (Å²) in [4.78, 5) is 10.6. The summed E-state index contributed by atoms with van der Waals surface area (Å²) < 4.78 is 5.57. The van der Waals surface area contributed by atoms with Gasteiger partial charge in [0.2, 0.25) is 5.91 Å². The van der Waals surface area contributed by atoms with E-state index in [-0.39, 0.29) is 5.91 Å². The molecule has 15 heavy (non-hydrogen) atoms. The summed E-state index contributed by atoms with van der Waals surface area (Å²) in [6.45, 7) is 4.83. The molecule has 3 heteroatoms. The molecule has 0 aromatic heterocycles. The van der Waals surface area contributed by atoms with Crippen molar-refractivity contribution < 1.29 is 9.53 Å². The van der Waals surface area contributed by atoms with Gasteiger partial charge in [-0.15, -0.1) is 0 Å². The second-order valence-electron chi connectivity index (χ2n) is 3.45. The van der Waals surface area contributed by atoms with E-state index in [1.54, 1.807) is 0 Å². The van der Waals surface area contributed by atoms with Crippen molar-refractivity contribution >= 4 is 5.91 Å². The molecule has 0 aliphatic heterocycles. The Hall–Kier alpha value is -1.51. The minimum Gasteiger partial charge on any atom is -0.493 e. The number of aryl methyl sites for hydroxylation is 1. The zero-order valence-corrected chi connectivity index (χ0v) is 9.25. The first-order valence-corrected chi connectivity index (χ1v) is 5.13. The van der Waals surface area contributed by atoms with Crippen molar-refractivity contribution in [1.82, 2.24) is 5.32 Å². The van der Waals surface area contributed by atoms with Gasteiger partial charge in [0.25, 0.3) is 0 Å². The molecule has 82 valence electrons. The number of amides is 1. The molecule has 0 unspecified atom stereocenters. The van der Waals surface area contributed by atoms with E-state index < -0.39 is 0 Å². The van der Waals surface area contributed by atoms with Crippen molar-refractivity contribution in [3.63, 3.8) is 0 Å². The molecule has 0 radical (unpaired) electrons. The van der Waals surface area contributed by atoms with E-state index in [2.05, 4.69) is 5.32 Å². The van der Waals surface area contributed by atoms with Crippen LogP contribution in [-0.2, 0) is 4.79 Å². The molecule has 1 rings (SSSR count). The highest BCUT2D eigenvalue weighted by Crippen LogP contribution is 2.15. The van der Waals surface area contributed by atoms with Crippen LogP contribution in [0.5, 0.6) is 5.75 Å². The van der Waals surface area contributed by atoms with Gasteiger partial charge in [0.1, 0.15) is 5.75 Å².